The van der Waals surface area contributed by atoms with Gasteiger partial charge in [0.15, 0.2) is 0 Å². The Balaban J connectivity index is 2.20. The van der Waals surface area contributed by atoms with E-state index in [-0.39, 0.29) is 0 Å². The van der Waals surface area contributed by atoms with Crippen LogP contribution in [-0.2, 0) is 0 Å². The summed E-state index contributed by atoms with van der Waals surface area (Å²) in [6.45, 7) is 4.57. The van der Waals surface area contributed by atoms with Crippen LogP contribution < -0.4 is 0 Å². The number of rotatable bonds is 3. The Kier molecular flexibility index (Phi) is 4.60. The van der Waals surface area contributed by atoms with Gasteiger partial charge >= 0.3 is 0 Å². The van der Waals surface area contributed by atoms with Crippen molar-refractivity contribution in [2.75, 3.05) is 7.05 Å². The van der Waals surface area contributed by atoms with Crippen molar-refractivity contribution in [1.82, 2.24) is 4.90 Å². The Labute approximate surface area is 112 Å². The second kappa shape index (κ2) is 6.19. The molecular formula is C17H25N. The molecule has 1 nitrogen and oxygen atoms in total. The Morgan fingerprint density at radius 1 is 1.17 bits per heavy atom. The summed E-state index contributed by atoms with van der Waals surface area (Å²) in [6, 6.07) is 12.0. The molecular weight excluding hydrogens is 218 g/mol. The normalized spacial score (nSPS) is 22.9. The largest absolute Gasteiger partial charge is 0.297 e. The lowest BCUT2D eigenvalue weighted by Gasteiger charge is -2.36. The van der Waals surface area contributed by atoms with Gasteiger partial charge < -0.3 is 0 Å². The molecule has 1 aromatic carbocycles. The number of hydrogen-bond donors (Lipinski definition) is 0. The minimum Gasteiger partial charge on any atom is -0.297 e. The first-order valence-electron chi connectivity index (χ1n) is 7.16. The lowest BCUT2D eigenvalue weighted by atomic mass is 9.87. The summed E-state index contributed by atoms with van der Waals surface area (Å²) in [7, 11) is 2.26. The minimum absolute atomic E-state index is 0.618. The topological polar surface area (TPSA) is 3.24 Å². The highest BCUT2D eigenvalue weighted by Crippen LogP contribution is 2.29. The maximum Gasteiger partial charge on any atom is 0.0310 e. The van der Waals surface area contributed by atoms with Crippen LogP contribution in [0.3, 0.4) is 0 Å². The summed E-state index contributed by atoms with van der Waals surface area (Å²) in [5, 5.41) is 0. The van der Waals surface area contributed by atoms with Crippen molar-refractivity contribution < 1.29 is 0 Å². The van der Waals surface area contributed by atoms with Crippen LogP contribution in [0.5, 0.6) is 0 Å². The predicted molar refractivity (Wildman–Crippen MR) is 79.6 cm³/mol. The third kappa shape index (κ3) is 3.23. The van der Waals surface area contributed by atoms with E-state index >= 15 is 0 Å². The summed E-state index contributed by atoms with van der Waals surface area (Å²) >= 11 is 0. The highest BCUT2D eigenvalue weighted by atomic mass is 15.1. The van der Waals surface area contributed by atoms with E-state index < -0.39 is 0 Å². The predicted octanol–water partition coefficient (Wildman–Crippen LogP) is 4.35. The van der Waals surface area contributed by atoms with Crippen molar-refractivity contribution in [3.05, 3.63) is 41.5 Å². The van der Waals surface area contributed by atoms with Gasteiger partial charge in [0.2, 0.25) is 0 Å². The maximum atomic E-state index is 2.52. The molecule has 0 saturated heterocycles. The highest BCUT2D eigenvalue weighted by Gasteiger charge is 2.24. The Bertz CT molecular complexity index is 391. The molecule has 0 aliphatic heterocycles. The first-order valence-corrected chi connectivity index (χ1v) is 7.16. The lowest BCUT2D eigenvalue weighted by Crippen LogP contribution is -2.39. The minimum atomic E-state index is 0.618. The van der Waals surface area contributed by atoms with Crippen LogP contribution in [0, 0.1) is 0 Å². The van der Waals surface area contributed by atoms with Crippen molar-refractivity contribution in [3.8, 4) is 0 Å². The van der Waals surface area contributed by atoms with Gasteiger partial charge in [-0.05, 0) is 45.7 Å². The standard InChI is InChI=1S/C17H25N/c1-14(2)18(3)17-12-8-7-11-16(17)13-15-9-5-4-6-10-15/h4-6,9-10,13-14,17H,7-8,11-12H2,1-3H3. The lowest BCUT2D eigenvalue weighted by molar-refractivity contribution is 0.195. The monoisotopic (exact) mass is 243 g/mol. The van der Waals surface area contributed by atoms with Crippen molar-refractivity contribution >= 4 is 6.08 Å². The molecule has 1 fully saturated rings. The fraction of sp³-hybridized carbons (Fsp3) is 0.529. The summed E-state index contributed by atoms with van der Waals surface area (Å²) < 4.78 is 0. The smallest absolute Gasteiger partial charge is 0.0310 e. The zero-order chi connectivity index (χ0) is 13.0. The van der Waals surface area contributed by atoms with Crippen LogP contribution in [0.4, 0.5) is 0 Å². The van der Waals surface area contributed by atoms with E-state index in [9.17, 15) is 0 Å². The molecule has 0 amide bonds. The van der Waals surface area contributed by atoms with Crippen molar-refractivity contribution in [2.45, 2.75) is 51.6 Å². The molecule has 1 heteroatoms. The fourth-order valence-corrected chi connectivity index (χ4v) is 2.78. The first-order chi connectivity index (χ1) is 8.68. The number of hydrogen-bond acceptors (Lipinski definition) is 1. The molecule has 1 saturated carbocycles. The highest BCUT2D eigenvalue weighted by molar-refractivity contribution is 5.54. The second-order valence-corrected chi connectivity index (χ2v) is 5.65. The van der Waals surface area contributed by atoms with Crippen LogP contribution in [0.15, 0.2) is 35.9 Å². The summed E-state index contributed by atoms with van der Waals surface area (Å²) in [5.41, 5.74) is 2.96. The zero-order valence-electron chi connectivity index (χ0n) is 11.9. The van der Waals surface area contributed by atoms with Gasteiger partial charge in [0, 0.05) is 12.1 Å². The third-order valence-corrected chi connectivity index (χ3v) is 4.08. The average Bonchev–Trinajstić information content (AvgIpc) is 2.39. The molecule has 0 heterocycles. The van der Waals surface area contributed by atoms with E-state index in [1.807, 2.05) is 0 Å². The molecule has 1 aliphatic rings. The molecule has 0 radical (unpaired) electrons. The molecule has 0 bridgehead atoms. The second-order valence-electron chi connectivity index (χ2n) is 5.65. The molecule has 1 aromatic rings. The summed E-state index contributed by atoms with van der Waals surface area (Å²) in [6.07, 6.45) is 7.70. The number of nitrogens with zero attached hydrogens (tertiary/aromatic N) is 1. The molecule has 1 aliphatic carbocycles. The van der Waals surface area contributed by atoms with E-state index in [1.165, 1.54) is 31.2 Å². The maximum absolute atomic E-state index is 2.52. The van der Waals surface area contributed by atoms with Crippen molar-refractivity contribution in [1.29, 1.82) is 0 Å². The SMILES string of the molecule is CC(C)N(C)C1CCCCC1=Cc1ccccc1. The molecule has 98 valence electrons. The zero-order valence-corrected chi connectivity index (χ0v) is 11.9. The Morgan fingerprint density at radius 3 is 2.56 bits per heavy atom. The van der Waals surface area contributed by atoms with E-state index in [0.29, 0.717) is 12.1 Å². The van der Waals surface area contributed by atoms with Crippen LogP contribution in [0.1, 0.15) is 45.1 Å². The summed E-state index contributed by atoms with van der Waals surface area (Å²) in [4.78, 5) is 2.52. The Morgan fingerprint density at radius 2 is 1.89 bits per heavy atom. The van der Waals surface area contributed by atoms with E-state index in [4.69, 9.17) is 0 Å². The number of likely N-dealkylation sites (N-methyl/N-ethyl adjacent to an activating group) is 1. The van der Waals surface area contributed by atoms with E-state index in [2.05, 4.69) is 62.2 Å². The van der Waals surface area contributed by atoms with Crippen LogP contribution in [0.25, 0.3) is 6.08 Å². The van der Waals surface area contributed by atoms with Gasteiger partial charge in [0.1, 0.15) is 0 Å². The van der Waals surface area contributed by atoms with E-state index in [0.717, 1.165) is 0 Å². The van der Waals surface area contributed by atoms with Crippen LogP contribution in [-0.4, -0.2) is 24.0 Å². The van der Waals surface area contributed by atoms with Gasteiger partial charge in [-0.2, -0.15) is 0 Å². The molecule has 0 aromatic heterocycles. The van der Waals surface area contributed by atoms with Crippen molar-refractivity contribution in [3.63, 3.8) is 0 Å². The van der Waals surface area contributed by atoms with Gasteiger partial charge in [0.25, 0.3) is 0 Å². The third-order valence-electron chi connectivity index (χ3n) is 4.08. The summed E-state index contributed by atoms with van der Waals surface area (Å²) in [5.74, 6) is 0. The Hall–Kier alpha value is -1.08. The van der Waals surface area contributed by atoms with Gasteiger partial charge in [0.05, 0.1) is 0 Å². The van der Waals surface area contributed by atoms with Crippen LogP contribution in [0.2, 0.25) is 0 Å². The first kappa shape index (κ1) is 13.4. The van der Waals surface area contributed by atoms with Gasteiger partial charge in [-0.15, -0.1) is 0 Å². The molecule has 2 rings (SSSR count). The van der Waals surface area contributed by atoms with E-state index in [1.54, 1.807) is 5.57 Å². The quantitative estimate of drug-likeness (QED) is 0.762. The van der Waals surface area contributed by atoms with Gasteiger partial charge in [-0.1, -0.05) is 48.4 Å². The molecule has 1 atom stereocenters. The fourth-order valence-electron chi connectivity index (χ4n) is 2.78. The van der Waals surface area contributed by atoms with Gasteiger partial charge in [-0.3, -0.25) is 4.90 Å². The molecule has 1 unspecified atom stereocenters. The number of benzene rings is 1. The van der Waals surface area contributed by atoms with Crippen molar-refractivity contribution in [2.24, 2.45) is 0 Å². The van der Waals surface area contributed by atoms with Gasteiger partial charge in [-0.25, -0.2) is 0 Å². The molecule has 18 heavy (non-hydrogen) atoms. The van der Waals surface area contributed by atoms with Crippen LogP contribution >= 0.6 is 0 Å². The average molecular weight is 243 g/mol. The molecule has 0 spiro atoms. The molecule has 0 N–H and O–H groups in total.